The average molecular weight is 499 g/mol. The Balaban J connectivity index is 1.35. The van der Waals surface area contributed by atoms with Gasteiger partial charge in [0.15, 0.2) is 6.61 Å². The third kappa shape index (κ3) is 4.99. The lowest BCUT2D eigenvalue weighted by Crippen LogP contribution is -2.43. The number of benzene rings is 2. The van der Waals surface area contributed by atoms with Gasteiger partial charge in [-0.15, -0.1) is 11.3 Å². The third-order valence-electron chi connectivity index (χ3n) is 5.92. The maximum absolute atomic E-state index is 12.9. The molecule has 2 aromatic carbocycles. The van der Waals surface area contributed by atoms with Crippen LogP contribution < -0.4 is 15.0 Å². The zero-order valence-electron chi connectivity index (χ0n) is 20.3. The van der Waals surface area contributed by atoms with Gasteiger partial charge in [0.2, 0.25) is 5.91 Å². The van der Waals surface area contributed by atoms with Gasteiger partial charge < -0.3 is 10.1 Å². The van der Waals surface area contributed by atoms with Crippen LogP contribution in [-0.4, -0.2) is 34.9 Å². The molecule has 2 aromatic heterocycles. The first kappa shape index (κ1) is 23.7. The van der Waals surface area contributed by atoms with Gasteiger partial charge in [0, 0.05) is 22.8 Å². The number of aromatic nitrogens is 2. The van der Waals surface area contributed by atoms with Gasteiger partial charge in [-0.1, -0.05) is 39.0 Å². The number of thiazole rings is 1. The summed E-state index contributed by atoms with van der Waals surface area (Å²) in [6.45, 7) is 6.19. The molecule has 0 atom stereocenters. The number of carbonyl (C=O) groups excluding carboxylic acids is 2. The van der Waals surface area contributed by atoms with Crippen LogP contribution in [0.25, 0.3) is 22.0 Å². The maximum Gasteiger partial charge on any atom is 0.265 e. The van der Waals surface area contributed by atoms with Gasteiger partial charge in [-0.25, -0.2) is 4.98 Å². The van der Waals surface area contributed by atoms with Gasteiger partial charge in [0.1, 0.15) is 17.3 Å². The molecular formula is C28H26N4O3S. The Morgan fingerprint density at radius 3 is 2.61 bits per heavy atom. The number of hydrogen-bond donors (Lipinski definition) is 1. The molecular weight excluding hydrogens is 472 g/mol. The number of amides is 2. The molecule has 1 aliphatic heterocycles. The first-order chi connectivity index (χ1) is 17.3. The van der Waals surface area contributed by atoms with Crippen LogP contribution in [0.5, 0.6) is 5.75 Å². The van der Waals surface area contributed by atoms with E-state index in [0.717, 1.165) is 22.0 Å². The van der Waals surface area contributed by atoms with Crippen LogP contribution in [0.4, 0.5) is 11.4 Å². The van der Waals surface area contributed by atoms with E-state index < -0.39 is 0 Å². The summed E-state index contributed by atoms with van der Waals surface area (Å²) in [6, 6.07) is 19.0. The van der Waals surface area contributed by atoms with E-state index in [1.54, 1.807) is 6.20 Å². The molecule has 3 heterocycles. The van der Waals surface area contributed by atoms with E-state index in [9.17, 15) is 9.59 Å². The Hall–Kier alpha value is -4.04. The van der Waals surface area contributed by atoms with Crippen molar-refractivity contribution in [2.75, 3.05) is 23.4 Å². The first-order valence-electron chi connectivity index (χ1n) is 11.6. The fraction of sp³-hybridized carbons (Fsp3) is 0.214. The van der Waals surface area contributed by atoms with Crippen molar-refractivity contribution in [3.8, 4) is 27.7 Å². The molecule has 1 N–H and O–H groups in total. The van der Waals surface area contributed by atoms with Gasteiger partial charge >= 0.3 is 0 Å². The molecule has 2 amide bonds. The summed E-state index contributed by atoms with van der Waals surface area (Å²) in [7, 11) is 0. The number of fused-ring (bicyclic) bond motifs is 1. The number of pyridine rings is 1. The first-order valence-corrected chi connectivity index (χ1v) is 12.5. The van der Waals surface area contributed by atoms with Crippen LogP contribution in [-0.2, 0) is 15.0 Å². The summed E-state index contributed by atoms with van der Waals surface area (Å²) in [4.78, 5) is 36.2. The van der Waals surface area contributed by atoms with Crippen molar-refractivity contribution in [2.24, 2.45) is 0 Å². The topological polar surface area (TPSA) is 84.4 Å². The SMILES string of the molecule is CC(C)(C)c1ccc(NC(=O)CN2C(=O)COc3ccc(-c4csc(-c5ccccn5)n4)cc32)cc1. The highest BCUT2D eigenvalue weighted by Crippen LogP contribution is 2.37. The molecule has 0 saturated heterocycles. The number of nitrogens with zero attached hydrogens (tertiary/aromatic N) is 3. The highest BCUT2D eigenvalue weighted by Gasteiger charge is 2.28. The molecule has 8 heteroatoms. The van der Waals surface area contributed by atoms with Crippen molar-refractivity contribution < 1.29 is 14.3 Å². The van der Waals surface area contributed by atoms with E-state index >= 15 is 0 Å². The van der Waals surface area contributed by atoms with Crippen LogP contribution in [0.2, 0.25) is 0 Å². The monoisotopic (exact) mass is 498 g/mol. The van der Waals surface area contributed by atoms with Crippen LogP contribution >= 0.6 is 11.3 Å². The molecule has 182 valence electrons. The van der Waals surface area contributed by atoms with Gasteiger partial charge in [0.25, 0.3) is 5.91 Å². The molecule has 0 unspecified atom stereocenters. The number of rotatable bonds is 5. The number of anilines is 2. The van der Waals surface area contributed by atoms with Crippen molar-refractivity contribution in [1.29, 1.82) is 0 Å². The van der Waals surface area contributed by atoms with Crippen molar-refractivity contribution in [3.63, 3.8) is 0 Å². The minimum Gasteiger partial charge on any atom is -0.482 e. The van der Waals surface area contributed by atoms with E-state index in [0.29, 0.717) is 17.1 Å². The van der Waals surface area contributed by atoms with E-state index in [2.05, 4.69) is 31.1 Å². The standard InChI is InChI=1S/C28H26N4O3S/c1-28(2,3)19-8-10-20(11-9-19)30-25(33)15-32-23-14-18(7-12-24(23)35-16-26(32)34)22-17-36-27(31-22)21-6-4-5-13-29-21/h4-14,17H,15-16H2,1-3H3,(H,30,33). The third-order valence-corrected chi connectivity index (χ3v) is 6.79. The van der Waals surface area contributed by atoms with Crippen LogP contribution in [0, 0.1) is 0 Å². The van der Waals surface area contributed by atoms with Gasteiger partial charge in [-0.2, -0.15) is 0 Å². The molecule has 5 rings (SSSR count). The summed E-state index contributed by atoms with van der Waals surface area (Å²) in [5.41, 5.74) is 4.84. The molecule has 0 fully saturated rings. The number of hydrogen-bond acceptors (Lipinski definition) is 6. The summed E-state index contributed by atoms with van der Waals surface area (Å²) < 4.78 is 5.63. The summed E-state index contributed by atoms with van der Waals surface area (Å²) >= 11 is 1.50. The molecule has 7 nitrogen and oxygen atoms in total. The predicted octanol–water partition coefficient (Wildman–Crippen LogP) is 5.53. The van der Waals surface area contributed by atoms with Crippen LogP contribution in [0.3, 0.4) is 0 Å². The maximum atomic E-state index is 12.9. The molecule has 36 heavy (non-hydrogen) atoms. The highest BCUT2D eigenvalue weighted by molar-refractivity contribution is 7.13. The van der Waals surface area contributed by atoms with E-state index in [1.807, 2.05) is 66.0 Å². The molecule has 0 bridgehead atoms. The molecule has 0 aliphatic carbocycles. The lowest BCUT2D eigenvalue weighted by molar-refractivity contribution is -0.123. The number of nitrogens with one attached hydrogen (secondary N) is 1. The van der Waals surface area contributed by atoms with E-state index in [1.165, 1.54) is 21.8 Å². The van der Waals surface area contributed by atoms with Crippen molar-refractivity contribution >= 4 is 34.5 Å². The molecule has 0 spiro atoms. The van der Waals surface area contributed by atoms with Crippen LogP contribution in [0.15, 0.2) is 72.2 Å². The number of carbonyl (C=O) groups is 2. The molecule has 4 aromatic rings. The normalized spacial score (nSPS) is 13.2. The second-order valence-electron chi connectivity index (χ2n) is 9.58. The average Bonchev–Trinajstić information content (AvgIpc) is 3.36. The quantitative estimate of drug-likeness (QED) is 0.391. The molecule has 0 saturated carbocycles. The fourth-order valence-electron chi connectivity index (χ4n) is 3.95. The summed E-state index contributed by atoms with van der Waals surface area (Å²) in [5, 5.41) is 5.66. The Morgan fingerprint density at radius 1 is 1.08 bits per heavy atom. The Morgan fingerprint density at radius 2 is 1.89 bits per heavy atom. The molecule has 1 aliphatic rings. The predicted molar refractivity (Wildman–Crippen MR) is 142 cm³/mol. The van der Waals surface area contributed by atoms with E-state index in [-0.39, 0.29) is 30.4 Å². The minimum atomic E-state index is -0.281. The second kappa shape index (κ2) is 9.54. The van der Waals surface area contributed by atoms with Gasteiger partial charge in [0.05, 0.1) is 17.1 Å². The highest BCUT2D eigenvalue weighted by atomic mass is 32.1. The van der Waals surface area contributed by atoms with Crippen LogP contribution in [0.1, 0.15) is 26.3 Å². The zero-order valence-corrected chi connectivity index (χ0v) is 21.1. The Bertz CT molecular complexity index is 1410. The zero-order chi connectivity index (χ0) is 25.3. The van der Waals surface area contributed by atoms with E-state index in [4.69, 9.17) is 9.72 Å². The molecule has 0 radical (unpaired) electrons. The minimum absolute atomic E-state index is 0.0276. The lowest BCUT2D eigenvalue weighted by atomic mass is 9.87. The van der Waals surface area contributed by atoms with Crippen molar-refractivity contribution in [2.45, 2.75) is 26.2 Å². The van der Waals surface area contributed by atoms with Crippen molar-refractivity contribution in [1.82, 2.24) is 9.97 Å². The second-order valence-corrected chi connectivity index (χ2v) is 10.4. The Labute approximate surface area is 213 Å². The largest absolute Gasteiger partial charge is 0.482 e. The van der Waals surface area contributed by atoms with Gasteiger partial charge in [-0.05, 0) is 53.4 Å². The number of ether oxygens (including phenoxy) is 1. The lowest BCUT2D eigenvalue weighted by Gasteiger charge is -2.29. The summed E-state index contributed by atoms with van der Waals surface area (Å²) in [6.07, 6.45) is 1.74. The smallest absolute Gasteiger partial charge is 0.265 e. The fourth-order valence-corrected chi connectivity index (χ4v) is 4.75. The van der Waals surface area contributed by atoms with Crippen molar-refractivity contribution in [3.05, 3.63) is 77.8 Å². The van der Waals surface area contributed by atoms with Gasteiger partial charge in [-0.3, -0.25) is 19.5 Å². The Kier molecular flexibility index (Phi) is 6.28. The summed E-state index contributed by atoms with van der Waals surface area (Å²) in [5.74, 6) is 0.00222.